The zero-order valence-electron chi connectivity index (χ0n) is 9.70. The van der Waals surface area contributed by atoms with Gasteiger partial charge in [0.25, 0.3) is 0 Å². The molecule has 0 radical (unpaired) electrons. The molecule has 0 aromatic rings. The minimum Gasteiger partial charge on any atom is -0.444 e. The molecule has 0 spiro atoms. The third-order valence-electron chi connectivity index (χ3n) is 2.09. The van der Waals surface area contributed by atoms with Gasteiger partial charge in [-0.3, -0.25) is 0 Å². The zero-order valence-corrected chi connectivity index (χ0v) is 9.70. The summed E-state index contributed by atoms with van der Waals surface area (Å²) in [6, 6.07) is 0. The quantitative estimate of drug-likeness (QED) is 0.739. The second-order valence-corrected chi connectivity index (χ2v) is 4.73. The summed E-state index contributed by atoms with van der Waals surface area (Å²) in [4.78, 5) is 12.9. The van der Waals surface area contributed by atoms with Crippen molar-refractivity contribution >= 4 is 6.09 Å². The van der Waals surface area contributed by atoms with Crippen LogP contribution in [0.4, 0.5) is 13.6 Å². The number of likely N-dealkylation sites (tertiary alicyclic amines) is 1. The van der Waals surface area contributed by atoms with Gasteiger partial charge in [0.2, 0.25) is 0 Å². The first-order chi connectivity index (χ1) is 7.28. The highest BCUT2D eigenvalue weighted by Crippen LogP contribution is 2.18. The van der Waals surface area contributed by atoms with Crippen LogP contribution in [0.5, 0.6) is 0 Å². The molecule has 0 saturated carbocycles. The van der Waals surface area contributed by atoms with Crippen LogP contribution in [0, 0.1) is 0 Å². The summed E-state index contributed by atoms with van der Waals surface area (Å²) in [5.74, 6) is 0. The standard InChI is InChI=1S/C10H17F2NO3/c1-10(2,3)16-9(14)13-5-4-7(6-13)15-8(11)12/h7-8H,4-6H2,1-3H3/t7-/m0/s1. The fourth-order valence-corrected chi connectivity index (χ4v) is 1.48. The van der Waals surface area contributed by atoms with E-state index in [-0.39, 0.29) is 6.54 Å². The van der Waals surface area contributed by atoms with Crippen molar-refractivity contribution in [2.75, 3.05) is 13.1 Å². The topological polar surface area (TPSA) is 38.8 Å². The van der Waals surface area contributed by atoms with Gasteiger partial charge in [-0.25, -0.2) is 4.79 Å². The number of ether oxygens (including phenoxy) is 2. The zero-order chi connectivity index (χ0) is 12.3. The van der Waals surface area contributed by atoms with Crippen LogP contribution in [0.1, 0.15) is 27.2 Å². The van der Waals surface area contributed by atoms with Crippen LogP contribution in [0.2, 0.25) is 0 Å². The Bertz CT molecular complexity index is 253. The lowest BCUT2D eigenvalue weighted by atomic mass is 10.2. The molecule has 1 amide bonds. The van der Waals surface area contributed by atoms with Crippen LogP contribution < -0.4 is 0 Å². The van der Waals surface area contributed by atoms with Gasteiger partial charge in [0.15, 0.2) is 0 Å². The van der Waals surface area contributed by atoms with Crippen LogP contribution >= 0.6 is 0 Å². The molecular formula is C10H17F2NO3. The third-order valence-corrected chi connectivity index (χ3v) is 2.09. The lowest BCUT2D eigenvalue weighted by molar-refractivity contribution is -0.158. The predicted octanol–water partition coefficient (Wildman–Crippen LogP) is 2.24. The number of alkyl halides is 2. The molecule has 94 valence electrons. The van der Waals surface area contributed by atoms with E-state index in [1.165, 1.54) is 4.90 Å². The molecule has 1 fully saturated rings. The Morgan fingerprint density at radius 2 is 2.06 bits per heavy atom. The van der Waals surface area contributed by atoms with Gasteiger partial charge in [-0.15, -0.1) is 0 Å². The number of hydrogen-bond acceptors (Lipinski definition) is 3. The number of carbonyl (C=O) groups is 1. The summed E-state index contributed by atoms with van der Waals surface area (Å²) in [5.41, 5.74) is -0.571. The van der Waals surface area contributed by atoms with Crippen molar-refractivity contribution in [3.05, 3.63) is 0 Å². The van der Waals surface area contributed by atoms with Gasteiger partial charge in [0.05, 0.1) is 12.6 Å². The summed E-state index contributed by atoms with van der Waals surface area (Å²) >= 11 is 0. The summed E-state index contributed by atoms with van der Waals surface area (Å²) in [6.07, 6.45) is -0.649. The first-order valence-corrected chi connectivity index (χ1v) is 5.19. The first-order valence-electron chi connectivity index (χ1n) is 5.19. The van der Waals surface area contributed by atoms with Crippen molar-refractivity contribution in [3.8, 4) is 0 Å². The molecule has 0 unspecified atom stereocenters. The highest BCUT2D eigenvalue weighted by Gasteiger charge is 2.31. The molecule has 6 heteroatoms. The summed E-state index contributed by atoms with van der Waals surface area (Å²) in [7, 11) is 0. The number of halogens is 2. The minimum absolute atomic E-state index is 0.166. The van der Waals surface area contributed by atoms with E-state index in [0.717, 1.165) is 0 Å². The molecule has 1 atom stereocenters. The molecule has 16 heavy (non-hydrogen) atoms. The Hall–Kier alpha value is -0.910. The lowest BCUT2D eigenvalue weighted by Gasteiger charge is -2.24. The van der Waals surface area contributed by atoms with Crippen LogP contribution in [-0.4, -0.2) is 42.4 Å². The van der Waals surface area contributed by atoms with Crippen molar-refractivity contribution in [2.24, 2.45) is 0 Å². The highest BCUT2D eigenvalue weighted by molar-refractivity contribution is 5.68. The maximum absolute atomic E-state index is 11.9. The van der Waals surface area contributed by atoms with E-state index in [9.17, 15) is 13.6 Å². The van der Waals surface area contributed by atoms with Gasteiger partial charge in [-0.2, -0.15) is 8.78 Å². The van der Waals surface area contributed by atoms with E-state index in [0.29, 0.717) is 13.0 Å². The maximum Gasteiger partial charge on any atom is 0.410 e. The monoisotopic (exact) mass is 237 g/mol. The largest absolute Gasteiger partial charge is 0.444 e. The van der Waals surface area contributed by atoms with E-state index in [2.05, 4.69) is 4.74 Å². The molecule has 0 bridgehead atoms. The highest BCUT2D eigenvalue weighted by atomic mass is 19.3. The van der Waals surface area contributed by atoms with Crippen molar-refractivity contribution in [3.63, 3.8) is 0 Å². The maximum atomic E-state index is 11.9. The van der Waals surface area contributed by atoms with Gasteiger partial charge in [-0.1, -0.05) is 0 Å². The Morgan fingerprint density at radius 1 is 1.44 bits per heavy atom. The van der Waals surface area contributed by atoms with Gasteiger partial charge >= 0.3 is 12.7 Å². The average molecular weight is 237 g/mol. The summed E-state index contributed by atoms with van der Waals surface area (Å²) in [5, 5.41) is 0. The van der Waals surface area contributed by atoms with Gasteiger partial charge in [-0.05, 0) is 27.2 Å². The number of amides is 1. The number of carbonyl (C=O) groups excluding carboxylic acids is 1. The molecule has 1 aliphatic heterocycles. The Kier molecular flexibility index (Phi) is 4.07. The van der Waals surface area contributed by atoms with Crippen molar-refractivity contribution < 1.29 is 23.0 Å². The Balaban J connectivity index is 2.38. The number of nitrogens with zero attached hydrogens (tertiary/aromatic N) is 1. The molecule has 1 aliphatic rings. The van der Waals surface area contributed by atoms with Crippen molar-refractivity contribution in [1.29, 1.82) is 0 Å². The smallest absolute Gasteiger partial charge is 0.410 e. The fourth-order valence-electron chi connectivity index (χ4n) is 1.48. The van der Waals surface area contributed by atoms with E-state index in [1.807, 2.05) is 0 Å². The molecule has 0 aliphatic carbocycles. The van der Waals surface area contributed by atoms with Gasteiger partial charge < -0.3 is 14.4 Å². The molecule has 1 saturated heterocycles. The molecular weight excluding hydrogens is 220 g/mol. The summed E-state index contributed by atoms with van der Waals surface area (Å²) < 4.78 is 33.3. The van der Waals surface area contributed by atoms with Crippen molar-refractivity contribution in [2.45, 2.75) is 45.5 Å². The number of hydrogen-bond donors (Lipinski definition) is 0. The van der Waals surface area contributed by atoms with E-state index >= 15 is 0 Å². The molecule has 0 aromatic heterocycles. The predicted molar refractivity (Wildman–Crippen MR) is 53.3 cm³/mol. The van der Waals surface area contributed by atoms with Gasteiger partial charge in [0.1, 0.15) is 5.60 Å². The molecule has 0 N–H and O–H groups in total. The summed E-state index contributed by atoms with van der Waals surface area (Å²) in [6.45, 7) is 3.05. The van der Waals surface area contributed by atoms with Crippen LogP contribution in [-0.2, 0) is 9.47 Å². The second kappa shape index (κ2) is 4.95. The van der Waals surface area contributed by atoms with Crippen LogP contribution in [0.15, 0.2) is 0 Å². The minimum atomic E-state index is -2.79. The number of rotatable bonds is 2. The lowest BCUT2D eigenvalue weighted by Crippen LogP contribution is -2.36. The second-order valence-electron chi connectivity index (χ2n) is 4.73. The first kappa shape index (κ1) is 13.2. The molecule has 1 rings (SSSR count). The fraction of sp³-hybridized carbons (Fsp3) is 0.900. The molecule has 4 nitrogen and oxygen atoms in total. The van der Waals surface area contributed by atoms with E-state index in [1.54, 1.807) is 20.8 Å². The van der Waals surface area contributed by atoms with E-state index in [4.69, 9.17) is 4.74 Å². The molecule has 0 aromatic carbocycles. The average Bonchev–Trinajstić information content (AvgIpc) is 2.48. The van der Waals surface area contributed by atoms with Crippen LogP contribution in [0.3, 0.4) is 0 Å². The van der Waals surface area contributed by atoms with Crippen molar-refractivity contribution in [1.82, 2.24) is 4.90 Å². The molecule has 1 heterocycles. The van der Waals surface area contributed by atoms with Crippen LogP contribution in [0.25, 0.3) is 0 Å². The Morgan fingerprint density at radius 3 is 2.56 bits per heavy atom. The third kappa shape index (κ3) is 4.30. The SMILES string of the molecule is CC(C)(C)OC(=O)N1CC[C@H](OC(F)F)C1. The van der Waals surface area contributed by atoms with Gasteiger partial charge in [0, 0.05) is 6.54 Å². The van der Waals surface area contributed by atoms with E-state index < -0.39 is 24.4 Å². The Labute approximate surface area is 93.5 Å². The normalized spacial score (nSPS) is 21.6.